The molecular weight excluding hydrogens is 155 g/mol. The third kappa shape index (κ3) is 4.02. The molecule has 0 aromatic rings. The minimum atomic E-state index is -0.770. The number of nitrogens with zero attached hydrogens (tertiary/aromatic N) is 2. The molecule has 0 bridgehead atoms. The summed E-state index contributed by atoms with van der Waals surface area (Å²) in [5, 5.41) is 0. The van der Waals surface area contributed by atoms with E-state index in [1.165, 1.54) is 0 Å². The fourth-order valence-corrected chi connectivity index (χ4v) is 1.18. The van der Waals surface area contributed by atoms with Gasteiger partial charge in [-0.25, -0.2) is 4.39 Å². The number of likely N-dealkylation sites (N-methyl/N-ethyl adjacent to an activating group) is 1. The zero-order valence-corrected chi connectivity index (χ0v) is 8.68. The Morgan fingerprint density at radius 1 is 1.08 bits per heavy atom. The van der Waals surface area contributed by atoms with Gasteiger partial charge in [-0.2, -0.15) is 0 Å². The fraction of sp³-hybridized carbons (Fsp3) is 1.00. The van der Waals surface area contributed by atoms with Crippen LogP contribution in [0.3, 0.4) is 0 Å². The lowest BCUT2D eigenvalue weighted by atomic mass is 10.3. The maximum atomic E-state index is 12.6. The molecule has 0 saturated carbocycles. The lowest BCUT2D eigenvalue weighted by Crippen LogP contribution is -2.46. The van der Waals surface area contributed by atoms with Gasteiger partial charge in [0.15, 0.2) is 6.30 Å². The Balaban J connectivity index is 0.000000561. The second-order valence-corrected chi connectivity index (χ2v) is 2.91. The van der Waals surface area contributed by atoms with Crippen molar-refractivity contribution in [2.24, 2.45) is 0 Å². The van der Waals surface area contributed by atoms with E-state index in [0.717, 1.165) is 26.2 Å². The molecule has 0 radical (unpaired) electrons. The summed E-state index contributed by atoms with van der Waals surface area (Å²) in [6.07, 6.45) is -0.770. The SMILES string of the molecule is CC.CC(F)N1CCN(C)CC1. The second kappa shape index (κ2) is 6.38. The summed E-state index contributed by atoms with van der Waals surface area (Å²) >= 11 is 0. The van der Waals surface area contributed by atoms with Crippen LogP contribution in [0.5, 0.6) is 0 Å². The molecule has 1 aliphatic rings. The molecule has 74 valence electrons. The highest BCUT2D eigenvalue weighted by molar-refractivity contribution is 4.69. The first-order chi connectivity index (χ1) is 5.70. The molecule has 0 spiro atoms. The van der Waals surface area contributed by atoms with E-state index in [-0.39, 0.29) is 0 Å². The Kier molecular flexibility index (Phi) is 6.30. The summed E-state index contributed by atoms with van der Waals surface area (Å²) in [4.78, 5) is 4.08. The van der Waals surface area contributed by atoms with Crippen molar-refractivity contribution in [2.45, 2.75) is 27.1 Å². The number of hydrogen-bond donors (Lipinski definition) is 0. The minimum absolute atomic E-state index is 0.770. The standard InChI is InChI=1S/C7H15FN2.C2H6/c1-7(8)10-5-3-9(2)4-6-10;1-2/h7H,3-6H2,1-2H3;1-2H3. The van der Waals surface area contributed by atoms with Crippen LogP contribution in [-0.2, 0) is 0 Å². The van der Waals surface area contributed by atoms with Gasteiger partial charge in [0.25, 0.3) is 0 Å². The van der Waals surface area contributed by atoms with Crippen LogP contribution in [-0.4, -0.2) is 49.3 Å². The lowest BCUT2D eigenvalue weighted by Gasteiger charge is -2.32. The van der Waals surface area contributed by atoms with E-state index in [9.17, 15) is 4.39 Å². The third-order valence-electron chi connectivity index (χ3n) is 2.04. The maximum Gasteiger partial charge on any atom is 0.150 e. The topological polar surface area (TPSA) is 6.48 Å². The van der Waals surface area contributed by atoms with E-state index < -0.39 is 6.30 Å². The van der Waals surface area contributed by atoms with E-state index >= 15 is 0 Å². The van der Waals surface area contributed by atoms with Gasteiger partial charge < -0.3 is 4.90 Å². The van der Waals surface area contributed by atoms with Crippen LogP contribution in [0.2, 0.25) is 0 Å². The normalized spacial score (nSPS) is 22.8. The van der Waals surface area contributed by atoms with Crippen LogP contribution in [0.15, 0.2) is 0 Å². The van der Waals surface area contributed by atoms with Crippen molar-refractivity contribution in [2.75, 3.05) is 33.2 Å². The molecule has 0 N–H and O–H groups in total. The first-order valence-electron chi connectivity index (χ1n) is 4.77. The van der Waals surface area contributed by atoms with Gasteiger partial charge >= 0.3 is 0 Å². The predicted octanol–water partition coefficient (Wildman–Crippen LogP) is 1.58. The van der Waals surface area contributed by atoms with Crippen molar-refractivity contribution in [3.05, 3.63) is 0 Å². The van der Waals surface area contributed by atoms with Gasteiger partial charge in [0.1, 0.15) is 0 Å². The quantitative estimate of drug-likeness (QED) is 0.560. The highest BCUT2D eigenvalue weighted by Gasteiger charge is 2.17. The summed E-state index contributed by atoms with van der Waals surface area (Å²) in [6.45, 7) is 9.33. The second-order valence-electron chi connectivity index (χ2n) is 2.91. The number of rotatable bonds is 1. The fourth-order valence-electron chi connectivity index (χ4n) is 1.18. The molecule has 1 fully saturated rings. The van der Waals surface area contributed by atoms with Gasteiger partial charge in [0.2, 0.25) is 0 Å². The third-order valence-corrected chi connectivity index (χ3v) is 2.04. The first-order valence-corrected chi connectivity index (χ1v) is 4.77. The molecule has 2 nitrogen and oxygen atoms in total. The highest BCUT2D eigenvalue weighted by Crippen LogP contribution is 2.04. The Bertz CT molecular complexity index is 98.7. The van der Waals surface area contributed by atoms with E-state index in [0.29, 0.717) is 0 Å². The molecule has 12 heavy (non-hydrogen) atoms. The van der Waals surface area contributed by atoms with Gasteiger partial charge in [-0.05, 0) is 14.0 Å². The molecular formula is C9H21FN2. The molecule has 0 aliphatic carbocycles. The Hall–Kier alpha value is -0.150. The molecule has 1 rings (SSSR count). The van der Waals surface area contributed by atoms with Crippen molar-refractivity contribution in [3.63, 3.8) is 0 Å². The van der Waals surface area contributed by atoms with E-state index in [1.807, 2.05) is 18.7 Å². The zero-order valence-electron chi connectivity index (χ0n) is 8.68. The van der Waals surface area contributed by atoms with Crippen LogP contribution < -0.4 is 0 Å². The van der Waals surface area contributed by atoms with Crippen molar-refractivity contribution < 1.29 is 4.39 Å². The molecule has 3 heteroatoms. The van der Waals surface area contributed by atoms with Crippen LogP contribution in [0.1, 0.15) is 20.8 Å². The van der Waals surface area contributed by atoms with Gasteiger partial charge in [-0.1, -0.05) is 13.8 Å². The first kappa shape index (κ1) is 11.8. The van der Waals surface area contributed by atoms with E-state index in [2.05, 4.69) is 11.9 Å². The summed E-state index contributed by atoms with van der Waals surface area (Å²) in [6, 6.07) is 0. The monoisotopic (exact) mass is 176 g/mol. The molecule has 1 aliphatic heterocycles. The number of piperazine rings is 1. The van der Waals surface area contributed by atoms with Crippen molar-refractivity contribution >= 4 is 0 Å². The van der Waals surface area contributed by atoms with E-state index in [4.69, 9.17) is 0 Å². The number of halogens is 1. The predicted molar refractivity (Wildman–Crippen MR) is 51.0 cm³/mol. The molecule has 0 aromatic carbocycles. The summed E-state index contributed by atoms with van der Waals surface area (Å²) in [5.41, 5.74) is 0. The average Bonchev–Trinajstić information content (AvgIpc) is 2.09. The molecule has 1 saturated heterocycles. The molecule has 1 unspecified atom stereocenters. The van der Waals surface area contributed by atoms with Crippen molar-refractivity contribution in [1.29, 1.82) is 0 Å². The number of hydrogen-bond acceptors (Lipinski definition) is 2. The Morgan fingerprint density at radius 3 is 1.83 bits per heavy atom. The Labute approximate surface area is 75.3 Å². The largest absolute Gasteiger partial charge is 0.304 e. The minimum Gasteiger partial charge on any atom is -0.304 e. The van der Waals surface area contributed by atoms with Gasteiger partial charge in [-0.15, -0.1) is 0 Å². The zero-order chi connectivity index (χ0) is 9.56. The molecule has 1 heterocycles. The van der Waals surface area contributed by atoms with E-state index in [1.54, 1.807) is 6.92 Å². The molecule has 0 aromatic heterocycles. The molecule has 0 amide bonds. The Morgan fingerprint density at radius 2 is 1.50 bits per heavy atom. The summed E-state index contributed by atoms with van der Waals surface area (Å²) < 4.78 is 12.6. The van der Waals surface area contributed by atoms with Crippen molar-refractivity contribution in [1.82, 2.24) is 9.80 Å². The van der Waals surface area contributed by atoms with Crippen molar-refractivity contribution in [3.8, 4) is 0 Å². The smallest absolute Gasteiger partial charge is 0.150 e. The van der Waals surface area contributed by atoms with Gasteiger partial charge in [-0.3, -0.25) is 4.90 Å². The average molecular weight is 176 g/mol. The van der Waals surface area contributed by atoms with Crippen LogP contribution in [0.25, 0.3) is 0 Å². The lowest BCUT2D eigenvalue weighted by molar-refractivity contribution is 0.0512. The highest BCUT2D eigenvalue weighted by atomic mass is 19.1. The summed E-state index contributed by atoms with van der Waals surface area (Å²) in [5.74, 6) is 0. The number of alkyl halides is 1. The van der Waals surface area contributed by atoms with Crippen LogP contribution in [0, 0.1) is 0 Å². The van der Waals surface area contributed by atoms with Crippen LogP contribution in [0.4, 0.5) is 4.39 Å². The van der Waals surface area contributed by atoms with Crippen LogP contribution >= 0.6 is 0 Å². The molecule has 1 atom stereocenters. The maximum absolute atomic E-state index is 12.6. The van der Waals surface area contributed by atoms with Gasteiger partial charge in [0, 0.05) is 26.2 Å². The summed E-state index contributed by atoms with van der Waals surface area (Å²) in [7, 11) is 2.07. The van der Waals surface area contributed by atoms with Gasteiger partial charge in [0.05, 0.1) is 0 Å².